The molecule has 0 aliphatic carbocycles. The summed E-state index contributed by atoms with van der Waals surface area (Å²) in [6.45, 7) is 2.52. The summed E-state index contributed by atoms with van der Waals surface area (Å²) in [5, 5.41) is 11.4. The van der Waals surface area contributed by atoms with E-state index >= 15 is 0 Å². The summed E-state index contributed by atoms with van der Waals surface area (Å²) >= 11 is 0. The number of anilines is 2. The average molecular weight is 391 g/mol. The maximum atomic E-state index is 12.6. The number of aryl methyl sites for hydroxylation is 1. The van der Waals surface area contributed by atoms with Crippen LogP contribution in [0.1, 0.15) is 31.7 Å². The van der Waals surface area contributed by atoms with Gasteiger partial charge in [0.2, 0.25) is 11.8 Å². The maximum Gasteiger partial charge on any atom is 0.229 e. The Kier molecular flexibility index (Phi) is 6.85. The molecule has 6 heteroatoms. The van der Waals surface area contributed by atoms with Gasteiger partial charge >= 0.3 is 0 Å². The van der Waals surface area contributed by atoms with E-state index in [1.165, 1.54) is 5.56 Å². The molecular weight excluding hydrogens is 366 g/mol. The van der Waals surface area contributed by atoms with Crippen molar-refractivity contribution in [3.8, 4) is 11.8 Å². The van der Waals surface area contributed by atoms with E-state index in [4.69, 9.17) is 10.00 Å². The monoisotopic (exact) mass is 391 g/mol. The lowest BCUT2D eigenvalue weighted by Crippen LogP contribution is -2.28. The molecule has 1 atom stereocenters. The van der Waals surface area contributed by atoms with E-state index in [1.807, 2.05) is 18.2 Å². The van der Waals surface area contributed by atoms with Crippen LogP contribution in [0.3, 0.4) is 0 Å². The molecule has 1 saturated heterocycles. The number of carbonyl (C=O) groups is 2. The van der Waals surface area contributed by atoms with Crippen LogP contribution in [-0.2, 0) is 16.0 Å². The van der Waals surface area contributed by atoms with E-state index in [0.29, 0.717) is 18.0 Å². The molecule has 1 unspecified atom stereocenters. The summed E-state index contributed by atoms with van der Waals surface area (Å²) in [6, 6.07) is 16.8. The van der Waals surface area contributed by atoms with Crippen molar-refractivity contribution in [3.63, 3.8) is 0 Å². The van der Waals surface area contributed by atoms with Gasteiger partial charge in [-0.1, -0.05) is 25.5 Å². The summed E-state index contributed by atoms with van der Waals surface area (Å²) in [4.78, 5) is 26.7. The number of nitriles is 1. The minimum absolute atomic E-state index is 0.0225. The topological polar surface area (TPSA) is 82.4 Å². The largest absolute Gasteiger partial charge is 0.479 e. The molecule has 0 spiro atoms. The van der Waals surface area contributed by atoms with Crippen LogP contribution in [0.4, 0.5) is 11.4 Å². The van der Waals surface area contributed by atoms with Gasteiger partial charge in [-0.2, -0.15) is 5.26 Å². The van der Waals surface area contributed by atoms with Crippen LogP contribution >= 0.6 is 0 Å². The Morgan fingerprint density at radius 1 is 1.21 bits per heavy atom. The molecular formula is C23H25N3O3. The Hall–Kier alpha value is -3.33. The third kappa shape index (κ3) is 5.35. The quantitative estimate of drug-likeness (QED) is 0.739. The summed E-state index contributed by atoms with van der Waals surface area (Å²) < 4.78 is 5.20. The molecule has 0 bridgehead atoms. The van der Waals surface area contributed by atoms with Crippen molar-refractivity contribution in [3.05, 3.63) is 54.1 Å². The molecule has 3 rings (SSSR count). The van der Waals surface area contributed by atoms with Crippen molar-refractivity contribution in [1.82, 2.24) is 0 Å². The zero-order valence-electron chi connectivity index (χ0n) is 16.6. The molecule has 150 valence electrons. The van der Waals surface area contributed by atoms with Crippen molar-refractivity contribution < 1.29 is 14.3 Å². The Morgan fingerprint density at radius 3 is 2.59 bits per heavy atom. The number of amides is 2. The minimum Gasteiger partial charge on any atom is -0.479 e. The molecule has 1 fully saturated rings. The third-order valence-corrected chi connectivity index (χ3v) is 4.99. The second kappa shape index (κ2) is 9.74. The first-order chi connectivity index (χ1) is 14.1. The lowest BCUT2D eigenvalue weighted by atomic mass is 10.1. The Balaban J connectivity index is 1.58. The Labute approximate surface area is 171 Å². The molecule has 0 radical (unpaired) electrons. The lowest BCUT2D eigenvalue weighted by Gasteiger charge is -2.17. The SMILES string of the molecule is CCCCc1ccc(N2CC(C(=O)Nc3ccc(OCC#N)cc3)CC2=O)cc1. The Bertz CT molecular complexity index is 885. The van der Waals surface area contributed by atoms with Crippen molar-refractivity contribution in [2.24, 2.45) is 5.92 Å². The van der Waals surface area contributed by atoms with Crippen molar-refractivity contribution >= 4 is 23.2 Å². The fourth-order valence-electron chi connectivity index (χ4n) is 3.35. The van der Waals surface area contributed by atoms with Crippen LogP contribution in [0.25, 0.3) is 0 Å². The molecule has 1 aliphatic rings. The van der Waals surface area contributed by atoms with Gasteiger partial charge < -0.3 is 15.0 Å². The van der Waals surface area contributed by atoms with Crippen LogP contribution in [0.15, 0.2) is 48.5 Å². The van der Waals surface area contributed by atoms with Gasteiger partial charge in [0.1, 0.15) is 11.8 Å². The van der Waals surface area contributed by atoms with E-state index in [1.54, 1.807) is 29.2 Å². The van der Waals surface area contributed by atoms with Gasteiger partial charge in [0.25, 0.3) is 0 Å². The molecule has 2 aromatic rings. The van der Waals surface area contributed by atoms with Crippen LogP contribution in [0, 0.1) is 17.2 Å². The number of unbranched alkanes of at least 4 members (excludes halogenated alkanes) is 1. The standard InChI is InChI=1S/C23H25N3O3/c1-2-3-4-17-5-9-20(10-6-17)26-16-18(15-22(26)27)23(28)25-19-7-11-21(12-8-19)29-14-13-24/h5-12,18H,2-4,14-16H2,1H3,(H,25,28). The van der Waals surface area contributed by atoms with Gasteiger partial charge in [-0.3, -0.25) is 9.59 Å². The number of nitrogens with zero attached hydrogens (tertiary/aromatic N) is 2. The van der Waals surface area contributed by atoms with Gasteiger partial charge in [0.15, 0.2) is 6.61 Å². The molecule has 2 amide bonds. The van der Waals surface area contributed by atoms with E-state index in [-0.39, 0.29) is 24.8 Å². The smallest absolute Gasteiger partial charge is 0.229 e. The number of carbonyl (C=O) groups excluding carboxylic acids is 2. The molecule has 1 heterocycles. The van der Waals surface area contributed by atoms with Crippen LogP contribution in [-0.4, -0.2) is 25.0 Å². The molecule has 29 heavy (non-hydrogen) atoms. The molecule has 2 aromatic carbocycles. The Morgan fingerprint density at radius 2 is 1.93 bits per heavy atom. The zero-order chi connectivity index (χ0) is 20.6. The highest BCUT2D eigenvalue weighted by atomic mass is 16.5. The van der Waals surface area contributed by atoms with Gasteiger partial charge in [-0.25, -0.2) is 0 Å². The van der Waals surface area contributed by atoms with Crippen molar-refractivity contribution in [2.75, 3.05) is 23.4 Å². The number of hydrogen-bond donors (Lipinski definition) is 1. The number of hydrogen-bond acceptors (Lipinski definition) is 4. The third-order valence-electron chi connectivity index (χ3n) is 4.99. The number of rotatable bonds is 8. The highest BCUT2D eigenvalue weighted by Gasteiger charge is 2.35. The first-order valence-electron chi connectivity index (χ1n) is 9.90. The second-order valence-electron chi connectivity index (χ2n) is 7.14. The summed E-state index contributed by atoms with van der Waals surface area (Å²) in [5.74, 6) is -0.0382. The predicted molar refractivity (Wildman–Crippen MR) is 112 cm³/mol. The second-order valence-corrected chi connectivity index (χ2v) is 7.14. The fourth-order valence-corrected chi connectivity index (χ4v) is 3.35. The average Bonchev–Trinajstić information content (AvgIpc) is 3.14. The van der Waals surface area contributed by atoms with E-state index in [0.717, 1.165) is 24.9 Å². The number of nitrogens with one attached hydrogen (secondary N) is 1. The maximum absolute atomic E-state index is 12.6. The van der Waals surface area contributed by atoms with E-state index in [2.05, 4.69) is 24.4 Å². The normalized spacial score (nSPS) is 15.8. The fraction of sp³-hybridized carbons (Fsp3) is 0.348. The van der Waals surface area contributed by atoms with Gasteiger partial charge in [0, 0.05) is 24.3 Å². The van der Waals surface area contributed by atoms with Crippen LogP contribution in [0.2, 0.25) is 0 Å². The zero-order valence-corrected chi connectivity index (χ0v) is 16.6. The van der Waals surface area contributed by atoms with Gasteiger partial charge in [-0.05, 0) is 54.8 Å². The number of benzene rings is 2. The summed E-state index contributed by atoms with van der Waals surface area (Å²) in [6.07, 6.45) is 3.54. The summed E-state index contributed by atoms with van der Waals surface area (Å²) in [7, 11) is 0. The van der Waals surface area contributed by atoms with Gasteiger partial charge in [-0.15, -0.1) is 0 Å². The highest BCUT2D eigenvalue weighted by molar-refractivity contribution is 6.03. The van der Waals surface area contributed by atoms with Crippen LogP contribution in [0.5, 0.6) is 5.75 Å². The molecule has 0 saturated carbocycles. The predicted octanol–water partition coefficient (Wildman–Crippen LogP) is 3.92. The van der Waals surface area contributed by atoms with Crippen molar-refractivity contribution in [2.45, 2.75) is 32.6 Å². The van der Waals surface area contributed by atoms with Gasteiger partial charge in [0.05, 0.1) is 5.92 Å². The highest BCUT2D eigenvalue weighted by Crippen LogP contribution is 2.27. The first kappa shape index (κ1) is 20.4. The lowest BCUT2D eigenvalue weighted by molar-refractivity contribution is -0.122. The molecule has 0 aromatic heterocycles. The first-order valence-corrected chi connectivity index (χ1v) is 9.90. The van der Waals surface area contributed by atoms with Crippen LogP contribution < -0.4 is 15.0 Å². The molecule has 1 aliphatic heterocycles. The summed E-state index contributed by atoms with van der Waals surface area (Å²) in [5.41, 5.74) is 2.73. The number of ether oxygens (including phenoxy) is 1. The molecule has 6 nitrogen and oxygen atoms in total. The minimum atomic E-state index is -0.392. The van der Waals surface area contributed by atoms with Crippen molar-refractivity contribution in [1.29, 1.82) is 5.26 Å². The molecule has 1 N–H and O–H groups in total. The van der Waals surface area contributed by atoms with E-state index in [9.17, 15) is 9.59 Å². The van der Waals surface area contributed by atoms with E-state index < -0.39 is 5.92 Å².